The highest BCUT2D eigenvalue weighted by atomic mass is 35.5. The summed E-state index contributed by atoms with van der Waals surface area (Å²) in [5.74, 6) is 2.50. The number of allylic oxidation sites excluding steroid dienone is 2. The van der Waals surface area contributed by atoms with Crippen molar-refractivity contribution in [2.45, 2.75) is 0 Å². The Morgan fingerprint density at radius 3 is 3.00 bits per heavy atom. The van der Waals surface area contributed by atoms with Gasteiger partial charge in [0.2, 0.25) is 5.29 Å². The predicted octanol–water partition coefficient (Wildman–Crippen LogP) is 1.90. The molecule has 2 nitrogen and oxygen atoms in total. The highest BCUT2D eigenvalue weighted by Gasteiger charge is 1.91. The molecule has 0 unspecified atom stereocenters. The van der Waals surface area contributed by atoms with Gasteiger partial charge < -0.3 is 0 Å². The number of rotatable bonds is 0. The van der Waals surface area contributed by atoms with Crippen LogP contribution in [0.4, 0.5) is 0 Å². The van der Waals surface area contributed by atoms with E-state index in [1.165, 1.54) is 0 Å². The monoisotopic (exact) mass is 160 g/mol. The largest absolute Gasteiger partial charge is 0.232 e. The number of nitrogens with zero attached hydrogens (tertiary/aromatic N) is 2. The minimum absolute atomic E-state index is 0.102. The third-order valence-electron chi connectivity index (χ3n) is 0.651. The molecule has 0 aliphatic carbocycles. The maximum absolute atomic E-state index is 5.47. The maximum Gasteiger partial charge on any atom is 0.232 e. The molecule has 0 aromatic rings. The molecule has 4 heteroatoms. The average molecular weight is 161 g/mol. The molecule has 9 heavy (non-hydrogen) atoms. The first-order chi connectivity index (χ1) is 4.29. The first kappa shape index (κ1) is 6.56. The van der Waals surface area contributed by atoms with E-state index in [1.807, 2.05) is 0 Å². The molecule has 1 aliphatic rings. The lowest BCUT2D eigenvalue weighted by Crippen LogP contribution is -1.75. The number of hydrogen-bond acceptors (Lipinski definition) is 2. The van der Waals surface area contributed by atoms with Crippen LogP contribution in [0.25, 0.3) is 0 Å². The maximum atomic E-state index is 5.47. The van der Waals surface area contributed by atoms with E-state index in [4.69, 9.17) is 23.2 Å². The van der Waals surface area contributed by atoms with Crippen LogP contribution in [0, 0.1) is 0 Å². The molecule has 0 spiro atoms. The van der Waals surface area contributed by atoms with Gasteiger partial charge in [0.25, 0.3) is 0 Å². The lowest BCUT2D eigenvalue weighted by atomic mass is 10.6. The van der Waals surface area contributed by atoms with Crippen LogP contribution in [0.15, 0.2) is 27.3 Å². The van der Waals surface area contributed by atoms with E-state index < -0.39 is 0 Å². The summed E-state index contributed by atoms with van der Waals surface area (Å²) in [5, 5.41) is 0.416. The number of halogens is 2. The summed E-state index contributed by atoms with van der Waals surface area (Å²) >= 11 is 10.9. The molecule has 0 fully saturated rings. The third kappa shape index (κ3) is 2.02. The van der Waals surface area contributed by atoms with E-state index in [9.17, 15) is 0 Å². The molecule has 46 valence electrons. The van der Waals surface area contributed by atoms with Crippen molar-refractivity contribution in [3.8, 4) is 0 Å². The fraction of sp³-hybridized carbons (Fsp3) is 0. The van der Waals surface area contributed by atoms with Crippen LogP contribution < -0.4 is 0 Å². The van der Waals surface area contributed by atoms with Crippen LogP contribution >= 0.6 is 23.2 Å². The summed E-state index contributed by atoms with van der Waals surface area (Å²) in [5.41, 5.74) is 0. The van der Waals surface area contributed by atoms with Gasteiger partial charge in [-0.25, -0.2) is 4.99 Å². The molecule has 0 aromatic heterocycles. The number of aliphatic imine (C=N–C) groups is 2. The van der Waals surface area contributed by atoms with Gasteiger partial charge in [-0.1, -0.05) is 11.6 Å². The second-order valence-corrected chi connectivity index (χ2v) is 2.00. The van der Waals surface area contributed by atoms with Crippen molar-refractivity contribution in [2.75, 3.05) is 0 Å². The van der Waals surface area contributed by atoms with Gasteiger partial charge in [0, 0.05) is 6.08 Å². The molecule has 0 saturated carbocycles. The normalized spacial score (nSPS) is 16.7. The molecular weight excluding hydrogens is 159 g/mol. The fourth-order valence-corrected chi connectivity index (χ4v) is 0.673. The lowest BCUT2D eigenvalue weighted by molar-refractivity contribution is 1.50. The van der Waals surface area contributed by atoms with Gasteiger partial charge in [-0.05, 0) is 23.5 Å². The Kier molecular flexibility index (Phi) is 2.06. The van der Waals surface area contributed by atoms with Crippen LogP contribution in [0.3, 0.4) is 0 Å². The quantitative estimate of drug-likeness (QED) is 0.484. The Labute approximate surface area is 62.2 Å². The average Bonchev–Trinajstić information content (AvgIpc) is 1.93. The van der Waals surface area contributed by atoms with E-state index in [2.05, 4.69) is 15.9 Å². The van der Waals surface area contributed by atoms with Crippen molar-refractivity contribution in [3.63, 3.8) is 0 Å². The molecule has 0 aromatic carbocycles. The second kappa shape index (κ2) is 2.83. The molecular formula is C5H2Cl2N2. The van der Waals surface area contributed by atoms with Gasteiger partial charge >= 0.3 is 0 Å². The fourth-order valence-electron chi connectivity index (χ4n) is 0.347. The summed E-state index contributed by atoms with van der Waals surface area (Å²) in [6.45, 7) is 0. The van der Waals surface area contributed by atoms with Gasteiger partial charge in [0.15, 0.2) is 0 Å². The Balaban J connectivity index is 3.00. The van der Waals surface area contributed by atoms with E-state index in [0.29, 0.717) is 5.16 Å². The number of hydrogen-bond donors (Lipinski definition) is 0. The van der Waals surface area contributed by atoms with Crippen molar-refractivity contribution < 1.29 is 0 Å². The SMILES string of the molecule is ClC1=CC=C=NC(Cl)=N1. The minimum atomic E-state index is 0.102. The van der Waals surface area contributed by atoms with Crippen molar-refractivity contribution in [2.24, 2.45) is 9.98 Å². The standard InChI is InChI=1S/C5H2Cl2N2/c6-4-2-1-3-8-5(7)9-4/h1-2H. The Hall–Kier alpha value is -0.560. The highest BCUT2D eigenvalue weighted by molar-refractivity contribution is 6.65. The Bertz CT molecular complexity index is 233. The predicted molar refractivity (Wildman–Crippen MR) is 39.2 cm³/mol. The van der Waals surface area contributed by atoms with Crippen molar-refractivity contribution in [1.29, 1.82) is 0 Å². The topological polar surface area (TPSA) is 24.7 Å². The van der Waals surface area contributed by atoms with Crippen molar-refractivity contribution in [3.05, 3.63) is 17.3 Å². The smallest absolute Gasteiger partial charge is 0.205 e. The molecule has 1 aliphatic heterocycles. The molecule has 0 amide bonds. The first-order valence-electron chi connectivity index (χ1n) is 2.18. The van der Waals surface area contributed by atoms with Gasteiger partial charge in [-0.3, -0.25) is 0 Å². The lowest BCUT2D eigenvalue weighted by Gasteiger charge is -1.81. The van der Waals surface area contributed by atoms with Gasteiger partial charge in [-0.2, -0.15) is 4.99 Å². The van der Waals surface area contributed by atoms with Crippen LogP contribution in [0.2, 0.25) is 0 Å². The first-order valence-corrected chi connectivity index (χ1v) is 2.94. The zero-order valence-electron chi connectivity index (χ0n) is 4.31. The molecule has 1 heterocycles. The van der Waals surface area contributed by atoms with Crippen molar-refractivity contribution in [1.82, 2.24) is 0 Å². The van der Waals surface area contributed by atoms with E-state index >= 15 is 0 Å². The van der Waals surface area contributed by atoms with Crippen LogP contribution in [-0.2, 0) is 0 Å². The van der Waals surface area contributed by atoms with Crippen molar-refractivity contribution >= 4 is 34.4 Å². The van der Waals surface area contributed by atoms with E-state index in [0.717, 1.165) is 0 Å². The zero-order chi connectivity index (χ0) is 6.69. The van der Waals surface area contributed by atoms with Gasteiger partial charge in [0.1, 0.15) is 5.16 Å². The zero-order valence-corrected chi connectivity index (χ0v) is 5.82. The molecule has 0 saturated heterocycles. The summed E-state index contributed by atoms with van der Waals surface area (Å²) < 4.78 is 0. The molecule has 0 N–H and O–H groups in total. The van der Waals surface area contributed by atoms with E-state index in [-0.39, 0.29) is 5.29 Å². The van der Waals surface area contributed by atoms with Gasteiger partial charge in [-0.15, -0.1) is 0 Å². The van der Waals surface area contributed by atoms with Crippen LogP contribution in [0.1, 0.15) is 0 Å². The summed E-state index contributed by atoms with van der Waals surface area (Å²) in [6, 6.07) is 0. The third-order valence-corrected chi connectivity index (χ3v) is 1.03. The second-order valence-electron chi connectivity index (χ2n) is 1.28. The summed E-state index contributed by atoms with van der Waals surface area (Å²) in [6.07, 6.45) is 3.10. The Morgan fingerprint density at radius 1 is 1.44 bits per heavy atom. The minimum Gasteiger partial charge on any atom is -0.205 e. The van der Waals surface area contributed by atoms with Gasteiger partial charge in [0.05, 0.1) is 0 Å². The summed E-state index contributed by atoms with van der Waals surface area (Å²) in [4.78, 5) is 7.17. The summed E-state index contributed by atoms with van der Waals surface area (Å²) in [7, 11) is 0. The highest BCUT2D eigenvalue weighted by Crippen LogP contribution is 2.06. The molecule has 1 rings (SSSR count). The number of amidine groups is 1. The van der Waals surface area contributed by atoms with E-state index in [1.54, 1.807) is 12.2 Å². The molecule has 0 bridgehead atoms. The van der Waals surface area contributed by atoms with Crippen LogP contribution in [0.5, 0.6) is 0 Å². The Morgan fingerprint density at radius 2 is 2.22 bits per heavy atom. The van der Waals surface area contributed by atoms with Crippen LogP contribution in [-0.4, -0.2) is 11.2 Å². The molecule has 0 radical (unpaired) electrons. The molecule has 0 atom stereocenters.